The minimum Gasteiger partial charge on any atom is -0.385 e. The molecule has 0 atom stereocenters. The molecular formula is C14H19FN2O3. The number of amides is 2. The van der Waals surface area contributed by atoms with Crippen LogP contribution in [0.15, 0.2) is 24.3 Å². The van der Waals surface area contributed by atoms with Crippen LogP contribution < -0.4 is 5.32 Å². The monoisotopic (exact) mass is 282 g/mol. The molecule has 5 nitrogen and oxygen atoms in total. The number of carbonyl (C=O) groups excluding carboxylic acids is 2. The lowest BCUT2D eigenvalue weighted by atomic mass is 10.2. The highest BCUT2D eigenvalue weighted by atomic mass is 19.1. The Morgan fingerprint density at radius 3 is 2.55 bits per heavy atom. The van der Waals surface area contributed by atoms with Crippen LogP contribution in [0.4, 0.5) is 4.39 Å². The summed E-state index contributed by atoms with van der Waals surface area (Å²) in [4.78, 5) is 24.9. The molecule has 0 spiro atoms. The Hall–Kier alpha value is -1.95. The minimum absolute atomic E-state index is 0.0385. The van der Waals surface area contributed by atoms with E-state index in [1.165, 1.54) is 36.2 Å². The normalized spacial score (nSPS) is 10.2. The van der Waals surface area contributed by atoms with Gasteiger partial charge in [0.15, 0.2) is 0 Å². The minimum atomic E-state index is -0.403. The SMILES string of the molecule is COCCCNC(=O)CN(C)C(=O)c1ccc(F)cc1. The van der Waals surface area contributed by atoms with E-state index in [1.807, 2.05) is 0 Å². The molecule has 0 aliphatic carbocycles. The highest BCUT2D eigenvalue weighted by Crippen LogP contribution is 2.05. The number of carbonyl (C=O) groups is 2. The number of methoxy groups -OCH3 is 1. The first-order chi connectivity index (χ1) is 9.54. The van der Waals surface area contributed by atoms with Crippen molar-refractivity contribution in [3.05, 3.63) is 35.6 Å². The van der Waals surface area contributed by atoms with Gasteiger partial charge in [0, 0.05) is 32.9 Å². The van der Waals surface area contributed by atoms with Gasteiger partial charge in [0.05, 0.1) is 6.54 Å². The Bertz CT molecular complexity index is 448. The summed E-state index contributed by atoms with van der Waals surface area (Å²) in [6.07, 6.45) is 0.720. The fourth-order valence-electron chi connectivity index (χ4n) is 1.60. The van der Waals surface area contributed by atoms with Crippen LogP contribution in [0.3, 0.4) is 0 Å². The summed E-state index contributed by atoms with van der Waals surface area (Å²) in [5.41, 5.74) is 0.348. The van der Waals surface area contributed by atoms with Crippen molar-refractivity contribution in [3.63, 3.8) is 0 Å². The molecule has 0 unspecified atom stereocenters. The molecule has 110 valence electrons. The summed E-state index contributed by atoms with van der Waals surface area (Å²) in [6, 6.07) is 5.22. The van der Waals surface area contributed by atoms with Crippen molar-refractivity contribution >= 4 is 11.8 Å². The zero-order valence-electron chi connectivity index (χ0n) is 11.7. The van der Waals surface area contributed by atoms with Crippen molar-refractivity contribution in [2.24, 2.45) is 0 Å². The fraction of sp³-hybridized carbons (Fsp3) is 0.429. The molecule has 1 aromatic carbocycles. The molecule has 1 aromatic rings. The third-order valence-electron chi connectivity index (χ3n) is 2.67. The second kappa shape index (κ2) is 8.27. The van der Waals surface area contributed by atoms with Crippen LogP contribution >= 0.6 is 0 Å². The second-order valence-electron chi connectivity index (χ2n) is 4.36. The zero-order chi connectivity index (χ0) is 15.0. The van der Waals surface area contributed by atoms with Gasteiger partial charge in [-0.2, -0.15) is 0 Å². The highest BCUT2D eigenvalue weighted by Gasteiger charge is 2.14. The number of ether oxygens (including phenoxy) is 1. The average Bonchev–Trinajstić information content (AvgIpc) is 2.43. The van der Waals surface area contributed by atoms with Gasteiger partial charge in [-0.15, -0.1) is 0 Å². The molecule has 2 amide bonds. The summed E-state index contributed by atoms with van der Waals surface area (Å²) >= 11 is 0. The van der Waals surface area contributed by atoms with Gasteiger partial charge in [0.2, 0.25) is 5.91 Å². The van der Waals surface area contributed by atoms with Crippen molar-refractivity contribution in [2.75, 3.05) is 33.9 Å². The first-order valence-corrected chi connectivity index (χ1v) is 6.31. The highest BCUT2D eigenvalue weighted by molar-refractivity contribution is 5.96. The van der Waals surface area contributed by atoms with Crippen LogP contribution in [0.25, 0.3) is 0 Å². The smallest absolute Gasteiger partial charge is 0.254 e. The van der Waals surface area contributed by atoms with E-state index >= 15 is 0 Å². The molecule has 0 saturated carbocycles. The topological polar surface area (TPSA) is 58.6 Å². The molecule has 0 aliphatic heterocycles. The predicted molar refractivity (Wildman–Crippen MR) is 72.9 cm³/mol. The first-order valence-electron chi connectivity index (χ1n) is 6.31. The van der Waals surface area contributed by atoms with Gasteiger partial charge in [0.1, 0.15) is 5.82 Å². The molecule has 0 aromatic heterocycles. The van der Waals surface area contributed by atoms with E-state index < -0.39 is 5.82 Å². The Balaban J connectivity index is 2.41. The van der Waals surface area contributed by atoms with Crippen molar-refractivity contribution in [2.45, 2.75) is 6.42 Å². The summed E-state index contributed by atoms with van der Waals surface area (Å²) in [6.45, 7) is 1.04. The fourth-order valence-corrected chi connectivity index (χ4v) is 1.60. The number of halogens is 1. The Morgan fingerprint density at radius 2 is 1.95 bits per heavy atom. The van der Waals surface area contributed by atoms with Gasteiger partial charge in [-0.05, 0) is 30.7 Å². The first kappa shape index (κ1) is 16.1. The van der Waals surface area contributed by atoms with Gasteiger partial charge in [-0.1, -0.05) is 0 Å². The van der Waals surface area contributed by atoms with E-state index in [1.54, 1.807) is 7.11 Å². The second-order valence-corrected chi connectivity index (χ2v) is 4.36. The Labute approximate surface area is 117 Å². The van der Waals surface area contributed by atoms with Crippen LogP contribution in [0.2, 0.25) is 0 Å². The molecule has 20 heavy (non-hydrogen) atoms. The van der Waals surface area contributed by atoms with E-state index in [4.69, 9.17) is 4.74 Å². The average molecular weight is 282 g/mol. The number of nitrogens with one attached hydrogen (secondary N) is 1. The quantitative estimate of drug-likeness (QED) is 0.761. The molecule has 0 radical (unpaired) electrons. The van der Waals surface area contributed by atoms with Gasteiger partial charge < -0.3 is 15.0 Å². The van der Waals surface area contributed by atoms with Gasteiger partial charge in [-0.25, -0.2) is 4.39 Å². The number of likely N-dealkylation sites (N-methyl/N-ethyl adjacent to an activating group) is 1. The maximum Gasteiger partial charge on any atom is 0.254 e. The summed E-state index contributed by atoms with van der Waals surface area (Å²) in [7, 11) is 3.12. The summed E-state index contributed by atoms with van der Waals surface area (Å²) in [5, 5.41) is 2.69. The van der Waals surface area contributed by atoms with Crippen LogP contribution in [0, 0.1) is 5.82 Å². The summed E-state index contributed by atoms with van der Waals surface area (Å²) < 4.78 is 17.6. The van der Waals surface area contributed by atoms with Gasteiger partial charge >= 0.3 is 0 Å². The maximum absolute atomic E-state index is 12.8. The molecule has 1 rings (SSSR count). The summed E-state index contributed by atoms with van der Waals surface area (Å²) in [5.74, 6) is -0.962. The molecule has 0 heterocycles. The van der Waals surface area contributed by atoms with Gasteiger partial charge in [0.25, 0.3) is 5.91 Å². The van der Waals surface area contributed by atoms with Crippen LogP contribution in [0.5, 0.6) is 0 Å². The van der Waals surface area contributed by atoms with E-state index in [0.717, 1.165) is 6.42 Å². The molecule has 0 aliphatic rings. The Kier molecular flexibility index (Phi) is 6.66. The molecule has 0 bridgehead atoms. The molecule has 0 fully saturated rings. The number of rotatable bonds is 7. The molecule has 1 N–H and O–H groups in total. The maximum atomic E-state index is 12.8. The lowest BCUT2D eigenvalue weighted by molar-refractivity contribution is -0.121. The van der Waals surface area contributed by atoms with E-state index in [9.17, 15) is 14.0 Å². The van der Waals surface area contributed by atoms with E-state index in [0.29, 0.717) is 18.7 Å². The number of hydrogen-bond donors (Lipinski definition) is 1. The zero-order valence-corrected chi connectivity index (χ0v) is 11.7. The van der Waals surface area contributed by atoms with Crippen molar-refractivity contribution in [1.29, 1.82) is 0 Å². The van der Waals surface area contributed by atoms with Crippen LogP contribution in [-0.2, 0) is 9.53 Å². The Morgan fingerprint density at radius 1 is 1.30 bits per heavy atom. The number of hydrogen-bond acceptors (Lipinski definition) is 3. The third kappa shape index (κ3) is 5.36. The van der Waals surface area contributed by atoms with Crippen LogP contribution in [-0.4, -0.2) is 50.6 Å². The number of benzene rings is 1. The predicted octanol–water partition coefficient (Wildman–Crippen LogP) is 1.05. The van der Waals surface area contributed by atoms with Crippen molar-refractivity contribution < 1.29 is 18.7 Å². The number of nitrogens with zero attached hydrogens (tertiary/aromatic N) is 1. The molecule has 6 heteroatoms. The van der Waals surface area contributed by atoms with Gasteiger partial charge in [-0.3, -0.25) is 9.59 Å². The van der Waals surface area contributed by atoms with Crippen LogP contribution in [0.1, 0.15) is 16.8 Å². The van der Waals surface area contributed by atoms with Crippen molar-refractivity contribution in [3.8, 4) is 0 Å². The third-order valence-corrected chi connectivity index (χ3v) is 2.67. The largest absolute Gasteiger partial charge is 0.385 e. The van der Waals surface area contributed by atoms with E-state index in [2.05, 4.69) is 5.32 Å². The standard InChI is InChI=1S/C14H19FN2O3/c1-17(10-13(18)16-8-3-9-20-2)14(19)11-4-6-12(15)7-5-11/h4-7H,3,8-10H2,1-2H3,(H,16,18). The van der Waals surface area contributed by atoms with E-state index in [-0.39, 0.29) is 18.4 Å². The lowest BCUT2D eigenvalue weighted by Gasteiger charge is -2.16. The molecule has 0 saturated heterocycles. The van der Waals surface area contributed by atoms with Crippen molar-refractivity contribution in [1.82, 2.24) is 10.2 Å². The molecular weight excluding hydrogens is 263 g/mol. The lowest BCUT2D eigenvalue weighted by Crippen LogP contribution is -2.38.